The maximum absolute atomic E-state index is 3.67. The van der Waals surface area contributed by atoms with Gasteiger partial charge in [0, 0.05) is 27.2 Å². The van der Waals surface area contributed by atoms with E-state index in [2.05, 4.69) is 66.9 Å². The van der Waals surface area contributed by atoms with Gasteiger partial charge in [-0.3, -0.25) is 0 Å². The van der Waals surface area contributed by atoms with E-state index in [4.69, 9.17) is 0 Å². The van der Waals surface area contributed by atoms with Crippen molar-refractivity contribution in [3.05, 3.63) is 26.2 Å². The van der Waals surface area contributed by atoms with E-state index < -0.39 is 0 Å². The molecular weight excluding hydrogens is 403 g/mol. The van der Waals surface area contributed by atoms with E-state index >= 15 is 0 Å². The summed E-state index contributed by atoms with van der Waals surface area (Å²) < 4.78 is 2.53. The van der Waals surface area contributed by atoms with Crippen molar-refractivity contribution in [2.24, 2.45) is 5.92 Å². The average molecular weight is 421 g/mol. The molecule has 1 aromatic carbocycles. The van der Waals surface area contributed by atoms with Crippen LogP contribution in [-0.2, 0) is 0 Å². The molecule has 1 heterocycles. The topological polar surface area (TPSA) is 15.3 Å². The minimum Gasteiger partial charge on any atom is -0.370 e. The van der Waals surface area contributed by atoms with E-state index in [0.29, 0.717) is 0 Å². The zero-order chi connectivity index (χ0) is 12.5. The first-order valence-corrected chi connectivity index (χ1v) is 8.53. The molecule has 1 atom stereocenters. The third kappa shape index (κ3) is 3.20. The maximum atomic E-state index is 3.67. The Balaban J connectivity index is 1.61. The Kier molecular flexibility index (Phi) is 4.15. The summed E-state index contributed by atoms with van der Waals surface area (Å²) in [5, 5.41) is 3.66. The Hall–Kier alpha value is 0.190. The second-order valence-electron chi connectivity index (χ2n) is 5.38. The molecule has 2 aliphatic rings. The van der Waals surface area contributed by atoms with Gasteiger partial charge in [-0.2, -0.15) is 0 Å². The predicted octanol–water partition coefficient (Wildman–Crippen LogP) is 3.63. The highest BCUT2D eigenvalue weighted by atomic mass is 127. The summed E-state index contributed by atoms with van der Waals surface area (Å²) in [5.41, 5.74) is 1.36. The smallest absolute Gasteiger partial charge is 0.0521 e. The van der Waals surface area contributed by atoms with Crippen LogP contribution in [-0.4, -0.2) is 25.7 Å². The van der Waals surface area contributed by atoms with Gasteiger partial charge >= 0.3 is 0 Å². The first-order chi connectivity index (χ1) is 8.72. The second kappa shape index (κ2) is 5.67. The van der Waals surface area contributed by atoms with Crippen molar-refractivity contribution < 1.29 is 0 Å². The lowest BCUT2D eigenvalue weighted by Crippen LogP contribution is -2.27. The molecule has 18 heavy (non-hydrogen) atoms. The standard InChI is InChI=1S/C14H18BrIN2/c15-13-4-1-11(16)7-14(13)18-6-5-10(9-18)8-17-12-2-3-12/h1,4,7,10,12,17H,2-3,5-6,8-9H2. The van der Waals surface area contributed by atoms with Gasteiger partial charge in [-0.1, -0.05) is 0 Å². The number of halogens is 2. The molecule has 0 aromatic heterocycles. The number of nitrogens with zero attached hydrogens (tertiary/aromatic N) is 1. The highest BCUT2D eigenvalue weighted by Gasteiger charge is 2.27. The van der Waals surface area contributed by atoms with Gasteiger partial charge in [0.25, 0.3) is 0 Å². The third-order valence-electron chi connectivity index (χ3n) is 3.81. The van der Waals surface area contributed by atoms with Crippen molar-refractivity contribution >= 4 is 44.2 Å². The Bertz CT molecular complexity index is 434. The minimum atomic E-state index is 0.815. The summed E-state index contributed by atoms with van der Waals surface area (Å²) in [6, 6.07) is 7.42. The lowest BCUT2D eigenvalue weighted by Gasteiger charge is -2.20. The van der Waals surface area contributed by atoms with Crippen LogP contribution in [0.1, 0.15) is 19.3 Å². The van der Waals surface area contributed by atoms with E-state index in [1.807, 2.05) is 0 Å². The van der Waals surface area contributed by atoms with Gasteiger partial charge < -0.3 is 10.2 Å². The molecule has 1 aromatic rings. The largest absolute Gasteiger partial charge is 0.370 e. The predicted molar refractivity (Wildman–Crippen MR) is 88.2 cm³/mol. The van der Waals surface area contributed by atoms with E-state index in [-0.39, 0.29) is 0 Å². The van der Waals surface area contributed by atoms with Crippen LogP contribution in [0.3, 0.4) is 0 Å². The fourth-order valence-electron chi connectivity index (χ4n) is 2.57. The molecule has 1 unspecified atom stereocenters. The fourth-order valence-corrected chi connectivity index (χ4v) is 3.54. The van der Waals surface area contributed by atoms with Crippen molar-refractivity contribution in [3.63, 3.8) is 0 Å². The minimum absolute atomic E-state index is 0.815. The van der Waals surface area contributed by atoms with Gasteiger partial charge in [0.2, 0.25) is 0 Å². The quantitative estimate of drug-likeness (QED) is 0.748. The zero-order valence-electron chi connectivity index (χ0n) is 10.3. The molecule has 1 aliphatic heterocycles. The van der Waals surface area contributed by atoms with Gasteiger partial charge in [-0.15, -0.1) is 0 Å². The van der Waals surface area contributed by atoms with Crippen LogP contribution in [0.25, 0.3) is 0 Å². The number of hydrogen-bond donors (Lipinski definition) is 1. The lowest BCUT2D eigenvalue weighted by molar-refractivity contribution is 0.515. The molecule has 1 saturated carbocycles. The molecule has 0 bridgehead atoms. The molecule has 2 nitrogen and oxygen atoms in total. The second-order valence-corrected chi connectivity index (χ2v) is 7.48. The number of rotatable bonds is 4. The van der Waals surface area contributed by atoms with E-state index in [9.17, 15) is 0 Å². The van der Waals surface area contributed by atoms with Gasteiger partial charge in [0.1, 0.15) is 0 Å². The maximum Gasteiger partial charge on any atom is 0.0521 e. The van der Waals surface area contributed by atoms with Crippen molar-refractivity contribution in [2.75, 3.05) is 24.5 Å². The Morgan fingerprint density at radius 3 is 2.94 bits per heavy atom. The summed E-state index contributed by atoms with van der Waals surface area (Å²) in [5.74, 6) is 0.815. The van der Waals surface area contributed by atoms with Gasteiger partial charge in [0.15, 0.2) is 0 Å². The molecule has 2 fully saturated rings. The molecular formula is C14H18BrIN2. The number of anilines is 1. The van der Waals surface area contributed by atoms with Crippen LogP contribution >= 0.6 is 38.5 Å². The highest BCUT2D eigenvalue weighted by Crippen LogP contribution is 2.32. The van der Waals surface area contributed by atoms with Crippen LogP contribution in [0.15, 0.2) is 22.7 Å². The first kappa shape index (κ1) is 13.2. The normalized spacial score (nSPS) is 23.7. The van der Waals surface area contributed by atoms with Crippen molar-refractivity contribution in [3.8, 4) is 0 Å². The van der Waals surface area contributed by atoms with Crippen LogP contribution in [0.4, 0.5) is 5.69 Å². The summed E-state index contributed by atoms with van der Waals surface area (Å²) in [4.78, 5) is 2.52. The van der Waals surface area contributed by atoms with Crippen LogP contribution in [0.2, 0.25) is 0 Å². The van der Waals surface area contributed by atoms with Gasteiger partial charge in [-0.25, -0.2) is 0 Å². The van der Waals surface area contributed by atoms with Gasteiger partial charge in [0.05, 0.1) is 5.69 Å². The Morgan fingerprint density at radius 2 is 2.17 bits per heavy atom. The number of benzene rings is 1. The molecule has 98 valence electrons. The molecule has 3 rings (SSSR count). The number of hydrogen-bond acceptors (Lipinski definition) is 2. The summed E-state index contributed by atoms with van der Waals surface area (Å²) in [7, 11) is 0. The van der Waals surface area contributed by atoms with E-state index in [0.717, 1.165) is 12.0 Å². The van der Waals surface area contributed by atoms with Crippen molar-refractivity contribution in [1.29, 1.82) is 0 Å². The fraction of sp³-hybridized carbons (Fsp3) is 0.571. The Labute approximate surface area is 131 Å². The van der Waals surface area contributed by atoms with Gasteiger partial charge in [-0.05, 0) is 88.4 Å². The molecule has 1 N–H and O–H groups in total. The van der Waals surface area contributed by atoms with Crippen molar-refractivity contribution in [1.82, 2.24) is 5.32 Å². The number of nitrogens with one attached hydrogen (secondary N) is 1. The molecule has 0 amide bonds. The van der Waals surface area contributed by atoms with E-state index in [1.54, 1.807) is 0 Å². The van der Waals surface area contributed by atoms with E-state index in [1.165, 1.54) is 52.6 Å². The van der Waals surface area contributed by atoms with Crippen LogP contribution in [0, 0.1) is 9.49 Å². The monoisotopic (exact) mass is 420 g/mol. The highest BCUT2D eigenvalue weighted by molar-refractivity contribution is 14.1. The van der Waals surface area contributed by atoms with Crippen LogP contribution in [0.5, 0.6) is 0 Å². The SMILES string of the molecule is Brc1ccc(I)cc1N1CCC(CNC2CC2)C1. The summed E-state index contributed by atoms with van der Waals surface area (Å²) >= 11 is 6.06. The summed E-state index contributed by atoms with van der Waals surface area (Å²) in [6.45, 7) is 3.58. The molecule has 4 heteroatoms. The first-order valence-electron chi connectivity index (χ1n) is 6.66. The third-order valence-corrected chi connectivity index (χ3v) is 5.15. The van der Waals surface area contributed by atoms with Crippen LogP contribution < -0.4 is 10.2 Å². The van der Waals surface area contributed by atoms with Crippen molar-refractivity contribution in [2.45, 2.75) is 25.3 Å². The average Bonchev–Trinajstić information content (AvgIpc) is 3.08. The Morgan fingerprint density at radius 1 is 1.33 bits per heavy atom. The molecule has 1 aliphatic carbocycles. The zero-order valence-corrected chi connectivity index (χ0v) is 14.1. The molecule has 0 radical (unpaired) electrons. The molecule has 1 saturated heterocycles. The molecule has 0 spiro atoms. The lowest BCUT2D eigenvalue weighted by atomic mass is 10.1. The summed E-state index contributed by atoms with van der Waals surface area (Å²) in [6.07, 6.45) is 4.09.